The van der Waals surface area contributed by atoms with E-state index in [4.69, 9.17) is 0 Å². The molecule has 180 valence electrons. The number of benzene rings is 3. The van der Waals surface area contributed by atoms with E-state index in [0.29, 0.717) is 5.56 Å². The molecule has 0 bridgehead atoms. The Kier molecular flexibility index (Phi) is 9.31. The van der Waals surface area contributed by atoms with E-state index >= 15 is 0 Å². The van der Waals surface area contributed by atoms with Crippen LogP contribution >= 0.6 is 0 Å². The zero-order valence-corrected chi connectivity index (χ0v) is 19.2. The Bertz CT molecular complexity index is 1130. The maximum atomic E-state index is 13.0. The Morgan fingerprint density at radius 1 is 0.629 bits per heavy atom. The Hall–Kier alpha value is -4.26. The lowest BCUT2D eigenvalue weighted by molar-refractivity contribution is -0.141. The third kappa shape index (κ3) is 8.23. The van der Waals surface area contributed by atoms with E-state index in [-0.39, 0.29) is 37.4 Å². The predicted octanol–water partition coefficient (Wildman–Crippen LogP) is 3.19. The molecule has 0 aliphatic rings. The molecule has 35 heavy (non-hydrogen) atoms. The van der Waals surface area contributed by atoms with E-state index < -0.39 is 24.0 Å². The predicted molar refractivity (Wildman–Crippen MR) is 132 cm³/mol. The second-order valence-electron chi connectivity index (χ2n) is 8.20. The molecule has 0 saturated heterocycles. The molecule has 7 heteroatoms. The minimum absolute atomic E-state index is 0.129. The number of carbonyl (C=O) groups excluding carboxylic acids is 3. The highest BCUT2D eigenvalue weighted by Gasteiger charge is 2.24. The molecule has 2 atom stereocenters. The van der Waals surface area contributed by atoms with Gasteiger partial charge in [-0.1, -0.05) is 78.9 Å². The van der Waals surface area contributed by atoms with Crippen LogP contribution in [0.3, 0.4) is 0 Å². The molecule has 0 aliphatic heterocycles. The summed E-state index contributed by atoms with van der Waals surface area (Å²) >= 11 is 0. The molecule has 1 unspecified atom stereocenters. The van der Waals surface area contributed by atoms with Crippen LogP contribution in [0.15, 0.2) is 91.0 Å². The summed E-state index contributed by atoms with van der Waals surface area (Å²) in [5.74, 6) is -2.36. The number of nitrogens with one attached hydrogen (secondary N) is 2. The van der Waals surface area contributed by atoms with Crippen molar-refractivity contribution in [3.8, 4) is 0 Å². The van der Waals surface area contributed by atoms with Gasteiger partial charge in [-0.15, -0.1) is 0 Å². The lowest BCUT2D eigenvalue weighted by Gasteiger charge is -2.19. The number of amides is 2. The molecule has 0 heterocycles. The molecule has 0 fully saturated rings. The van der Waals surface area contributed by atoms with Gasteiger partial charge in [0.05, 0.1) is 6.04 Å². The number of Topliss-reactive ketones (excluding diaryl/α,β-unsaturated/α-hetero) is 1. The quantitative estimate of drug-likeness (QED) is 0.375. The van der Waals surface area contributed by atoms with Crippen LogP contribution in [0.5, 0.6) is 0 Å². The number of carboxylic acid groups (broad SMARTS) is 1. The summed E-state index contributed by atoms with van der Waals surface area (Å²) in [5.41, 5.74) is 2.08. The summed E-state index contributed by atoms with van der Waals surface area (Å²) < 4.78 is 0. The SMILES string of the molecule is O=C(CCC(=O)C(Cc1ccccc1)NC(=O)c1ccccc1)N[C@H](Cc1ccccc1)C(=O)O. The van der Waals surface area contributed by atoms with E-state index in [1.54, 1.807) is 54.6 Å². The van der Waals surface area contributed by atoms with Crippen LogP contribution < -0.4 is 10.6 Å². The summed E-state index contributed by atoms with van der Waals surface area (Å²) in [7, 11) is 0. The number of carbonyl (C=O) groups is 4. The van der Waals surface area contributed by atoms with Crippen LogP contribution in [0.2, 0.25) is 0 Å². The second-order valence-corrected chi connectivity index (χ2v) is 8.20. The normalized spacial score (nSPS) is 12.2. The van der Waals surface area contributed by atoms with Crippen LogP contribution in [0.1, 0.15) is 34.3 Å². The molecule has 3 N–H and O–H groups in total. The lowest BCUT2D eigenvalue weighted by Crippen LogP contribution is -2.44. The van der Waals surface area contributed by atoms with Crippen LogP contribution in [0.25, 0.3) is 0 Å². The van der Waals surface area contributed by atoms with Crippen molar-refractivity contribution in [1.82, 2.24) is 10.6 Å². The molecule has 2 amide bonds. The van der Waals surface area contributed by atoms with Gasteiger partial charge in [-0.05, 0) is 29.7 Å². The molecule has 3 aromatic carbocycles. The third-order valence-corrected chi connectivity index (χ3v) is 5.53. The number of hydrogen-bond donors (Lipinski definition) is 3. The first-order chi connectivity index (χ1) is 16.9. The fourth-order valence-electron chi connectivity index (χ4n) is 3.65. The van der Waals surface area contributed by atoms with E-state index in [1.807, 2.05) is 36.4 Å². The number of carboxylic acids is 1. The maximum absolute atomic E-state index is 13.0. The molecule has 0 aromatic heterocycles. The highest BCUT2D eigenvalue weighted by Crippen LogP contribution is 2.10. The van der Waals surface area contributed by atoms with Gasteiger partial charge in [0, 0.05) is 24.8 Å². The van der Waals surface area contributed by atoms with Crippen molar-refractivity contribution in [3.05, 3.63) is 108 Å². The third-order valence-electron chi connectivity index (χ3n) is 5.53. The Labute approximate surface area is 204 Å². The zero-order chi connectivity index (χ0) is 25.0. The fourth-order valence-corrected chi connectivity index (χ4v) is 3.65. The van der Waals surface area contributed by atoms with Gasteiger partial charge in [-0.3, -0.25) is 14.4 Å². The fraction of sp³-hybridized carbons (Fsp3) is 0.214. The van der Waals surface area contributed by atoms with Crippen molar-refractivity contribution in [2.75, 3.05) is 0 Å². The van der Waals surface area contributed by atoms with Crippen molar-refractivity contribution in [2.24, 2.45) is 0 Å². The van der Waals surface area contributed by atoms with Crippen molar-refractivity contribution < 1.29 is 24.3 Å². The van der Waals surface area contributed by atoms with Gasteiger partial charge in [0.2, 0.25) is 5.91 Å². The highest BCUT2D eigenvalue weighted by atomic mass is 16.4. The number of hydrogen-bond acceptors (Lipinski definition) is 4. The van der Waals surface area contributed by atoms with Gasteiger partial charge >= 0.3 is 5.97 Å². The molecule has 0 saturated carbocycles. The minimum atomic E-state index is -1.15. The first-order valence-corrected chi connectivity index (χ1v) is 11.4. The van der Waals surface area contributed by atoms with Crippen LogP contribution in [-0.2, 0) is 27.2 Å². The van der Waals surface area contributed by atoms with Gasteiger partial charge in [-0.2, -0.15) is 0 Å². The largest absolute Gasteiger partial charge is 0.480 e. The molecule has 3 aromatic rings. The summed E-state index contributed by atoms with van der Waals surface area (Å²) in [5, 5.41) is 14.8. The van der Waals surface area contributed by atoms with E-state index in [2.05, 4.69) is 10.6 Å². The molecular formula is C28H28N2O5. The monoisotopic (exact) mass is 472 g/mol. The van der Waals surface area contributed by atoms with Gasteiger partial charge in [0.25, 0.3) is 5.91 Å². The first-order valence-electron chi connectivity index (χ1n) is 11.4. The summed E-state index contributed by atoms with van der Waals surface area (Å²) in [6, 6.07) is 24.9. The maximum Gasteiger partial charge on any atom is 0.326 e. The molecule has 3 rings (SSSR count). The lowest BCUT2D eigenvalue weighted by atomic mass is 9.98. The molecule has 0 radical (unpaired) electrons. The molecule has 0 spiro atoms. The minimum Gasteiger partial charge on any atom is -0.480 e. The van der Waals surface area contributed by atoms with Crippen LogP contribution in [0, 0.1) is 0 Å². The van der Waals surface area contributed by atoms with Crippen LogP contribution in [0.4, 0.5) is 0 Å². The summed E-state index contributed by atoms with van der Waals surface area (Å²) in [4.78, 5) is 49.8. The van der Waals surface area contributed by atoms with Crippen molar-refractivity contribution in [3.63, 3.8) is 0 Å². The number of ketones is 1. The Morgan fingerprint density at radius 2 is 1.11 bits per heavy atom. The van der Waals surface area contributed by atoms with Gasteiger partial charge in [0.1, 0.15) is 6.04 Å². The molecular weight excluding hydrogens is 444 g/mol. The summed E-state index contributed by atoms with van der Waals surface area (Å²) in [6.45, 7) is 0. The van der Waals surface area contributed by atoms with Crippen molar-refractivity contribution in [1.29, 1.82) is 0 Å². The van der Waals surface area contributed by atoms with Gasteiger partial charge in [0.15, 0.2) is 5.78 Å². The molecule has 7 nitrogen and oxygen atoms in total. The topological polar surface area (TPSA) is 113 Å². The molecule has 0 aliphatic carbocycles. The average molecular weight is 473 g/mol. The smallest absolute Gasteiger partial charge is 0.326 e. The number of rotatable bonds is 12. The first kappa shape index (κ1) is 25.4. The van der Waals surface area contributed by atoms with E-state index in [9.17, 15) is 24.3 Å². The standard InChI is InChI=1S/C28H28N2O5/c31-25(16-17-26(32)29-24(28(34)35)19-21-12-6-2-7-13-21)23(18-20-10-4-1-5-11-20)30-27(33)22-14-8-3-9-15-22/h1-15,23-24H,16-19H2,(H,29,32)(H,30,33)(H,34,35)/t23?,24-/m1/s1. The second kappa shape index (κ2) is 12.8. The summed E-state index contributed by atoms with van der Waals surface area (Å²) in [6.07, 6.45) is 0.116. The Balaban J connectivity index is 1.61. The average Bonchev–Trinajstić information content (AvgIpc) is 2.88. The highest BCUT2D eigenvalue weighted by molar-refractivity contribution is 5.98. The van der Waals surface area contributed by atoms with Gasteiger partial charge < -0.3 is 15.7 Å². The number of aliphatic carboxylic acids is 1. The van der Waals surface area contributed by atoms with Gasteiger partial charge in [-0.25, -0.2) is 4.79 Å². The zero-order valence-electron chi connectivity index (χ0n) is 19.2. The van der Waals surface area contributed by atoms with Crippen LogP contribution in [-0.4, -0.2) is 40.8 Å². The van der Waals surface area contributed by atoms with Crippen molar-refractivity contribution in [2.45, 2.75) is 37.8 Å². The van der Waals surface area contributed by atoms with E-state index in [1.165, 1.54) is 0 Å². The Morgan fingerprint density at radius 3 is 1.63 bits per heavy atom. The van der Waals surface area contributed by atoms with E-state index in [0.717, 1.165) is 11.1 Å². The van der Waals surface area contributed by atoms with Crippen molar-refractivity contribution >= 4 is 23.6 Å².